The van der Waals surface area contributed by atoms with Crippen molar-refractivity contribution < 1.29 is 18.7 Å². The lowest BCUT2D eigenvalue weighted by Crippen LogP contribution is -2.30. The average Bonchev–Trinajstić information content (AvgIpc) is 2.50. The van der Waals surface area contributed by atoms with Crippen molar-refractivity contribution in [2.45, 2.75) is 13.0 Å². The number of para-hydroxylation sites is 1. The van der Waals surface area contributed by atoms with E-state index in [1.165, 1.54) is 25.1 Å². The van der Waals surface area contributed by atoms with Crippen molar-refractivity contribution in [2.75, 3.05) is 5.32 Å². The molecule has 0 aliphatic rings. The summed E-state index contributed by atoms with van der Waals surface area (Å²) in [4.78, 5) is 23.7. The summed E-state index contributed by atoms with van der Waals surface area (Å²) in [5, 5.41) is 2.38. The van der Waals surface area contributed by atoms with E-state index in [0.29, 0.717) is 5.56 Å². The fourth-order valence-electron chi connectivity index (χ4n) is 1.65. The number of amides is 1. The number of anilines is 1. The molecule has 21 heavy (non-hydrogen) atoms. The summed E-state index contributed by atoms with van der Waals surface area (Å²) in [7, 11) is 0. The molecule has 0 spiro atoms. The maximum Gasteiger partial charge on any atom is 0.338 e. The van der Waals surface area contributed by atoms with E-state index in [-0.39, 0.29) is 5.69 Å². The van der Waals surface area contributed by atoms with Gasteiger partial charge < -0.3 is 10.1 Å². The van der Waals surface area contributed by atoms with Gasteiger partial charge in [-0.15, -0.1) is 0 Å². The first-order valence-electron chi connectivity index (χ1n) is 6.39. The molecule has 1 atom stereocenters. The number of ether oxygens (including phenoxy) is 1. The second-order valence-electron chi connectivity index (χ2n) is 4.38. The van der Waals surface area contributed by atoms with Crippen LogP contribution in [-0.4, -0.2) is 18.0 Å². The normalized spacial score (nSPS) is 11.5. The quantitative estimate of drug-likeness (QED) is 0.879. The Hall–Kier alpha value is -2.69. The lowest BCUT2D eigenvalue weighted by atomic mass is 10.2. The molecule has 1 unspecified atom stereocenters. The number of hydrogen-bond acceptors (Lipinski definition) is 3. The van der Waals surface area contributed by atoms with Gasteiger partial charge in [0.05, 0.1) is 11.3 Å². The van der Waals surface area contributed by atoms with E-state index in [1.807, 2.05) is 0 Å². The number of nitrogens with one attached hydrogen (secondary N) is 1. The number of hydrogen-bond donors (Lipinski definition) is 1. The molecule has 108 valence electrons. The first-order valence-corrected chi connectivity index (χ1v) is 6.39. The lowest BCUT2D eigenvalue weighted by Gasteiger charge is -2.13. The predicted molar refractivity (Wildman–Crippen MR) is 76.3 cm³/mol. The maximum atomic E-state index is 13.4. The molecular weight excluding hydrogens is 273 g/mol. The highest BCUT2D eigenvalue weighted by molar-refractivity contribution is 5.97. The summed E-state index contributed by atoms with van der Waals surface area (Å²) in [5.74, 6) is -1.75. The summed E-state index contributed by atoms with van der Waals surface area (Å²) >= 11 is 0. The fourth-order valence-corrected chi connectivity index (χ4v) is 1.65. The Morgan fingerprint density at radius 1 is 1.05 bits per heavy atom. The van der Waals surface area contributed by atoms with Gasteiger partial charge >= 0.3 is 5.97 Å². The Morgan fingerprint density at radius 3 is 2.33 bits per heavy atom. The van der Waals surface area contributed by atoms with Crippen molar-refractivity contribution >= 4 is 17.6 Å². The summed E-state index contributed by atoms with van der Waals surface area (Å²) < 4.78 is 18.5. The highest BCUT2D eigenvalue weighted by atomic mass is 19.1. The Morgan fingerprint density at radius 2 is 1.67 bits per heavy atom. The topological polar surface area (TPSA) is 55.4 Å². The Kier molecular flexibility index (Phi) is 4.66. The molecule has 0 saturated carbocycles. The van der Waals surface area contributed by atoms with E-state index in [2.05, 4.69) is 5.32 Å². The van der Waals surface area contributed by atoms with Gasteiger partial charge in [-0.1, -0.05) is 30.3 Å². The largest absolute Gasteiger partial charge is 0.449 e. The highest BCUT2D eigenvalue weighted by Crippen LogP contribution is 2.13. The molecule has 0 aliphatic carbocycles. The maximum absolute atomic E-state index is 13.4. The van der Waals surface area contributed by atoms with E-state index in [4.69, 9.17) is 4.74 Å². The van der Waals surface area contributed by atoms with Crippen LogP contribution in [0.4, 0.5) is 10.1 Å². The first kappa shape index (κ1) is 14.7. The van der Waals surface area contributed by atoms with Crippen LogP contribution in [0.15, 0.2) is 54.6 Å². The SMILES string of the molecule is CC(OC(=O)c1ccccc1)C(=O)Nc1ccccc1F. The lowest BCUT2D eigenvalue weighted by molar-refractivity contribution is -0.123. The number of carbonyl (C=O) groups is 2. The van der Waals surface area contributed by atoms with E-state index in [1.54, 1.807) is 36.4 Å². The predicted octanol–water partition coefficient (Wildman–Crippen LogP) is 3.01. The zero-order chi connectivity index (χ0) is 15.2. The standard InChI is InChI=1S/C16H14FNO3/c1-11(21-16(20)12-7-3-2-4-8-12)15(19)18-14-10-6-5-9-13(14)17/h2-11H,1H3,(H,18,19). The molecule has 0 heterocycles. The van der Waals surface area contributed by atoms with Crippen LogP contribution in [0, 0.1) is 5.82 Å². The van der Waals surface area contributed by atoms with Crippen LogP contribution in [0.5, 0.6) is 0 Å². The molecule has 4 nitrogen and oxygen atoms in total. The third-order valence-electron chi connectivity index (χ3n) is 2.79. The van der Waals surface area contributed by atoms with Gasteiger partial charge in [0.25, 0.3) is 5.91 Å². The van der Waals surface area contributed by atoms with Gasteiger partial charge in [0.1, 0.15) is 5.82 Å². The Balaban J connectivity index is 1.97. The summed E-state index contributed by atoms with van der Waals surface area (Å²) in [6.07, 6.45) is -1.03. The van der Waals surface area contributed by atoms with Crippen LogP contribution in [-0.2, 0) is 9.53 Å². The number of rotatable bonds is 4. The van der Waals surface area contributed by atoms with E-state index in [9.17, 15) is 14.0 Å². The van der Waals surface area contributed by atoms with Crippen LogP contribution in [0.1, 0.15) is 17.3 Å². The van der Waals surface area contributed by atoms with Crippen molar-refractivity contribution in [1.82, 2.24) is 0 Å². The van der Waals surface area contributed by atoms with E-state index < -0.39 is 23.8 Å². The summed E-state index contributed by atoms with van der Waals surface area (Å²) in [6.45, 7) is 1.43. The van der Waals surface area contributed by atoms with E-state index >= 15 is 0 Å². The van der Waals surface area contributed by atoms with Gasteiger partial charge in [-0.3, -0.25) is 4.79 Å². The monoisotopic (exact) mass is 287 g/mol. The molecule has 1 N–H and O–H groups in total. The molecular formula is C16H14FNO3. The summed E-state index contributed by atoms with van der Waals surface area (Å²) in [6, 6.07) is 14.1. The fraction of sp³-hybridized carbons (Fsp3) is 0.125. The zero-order valence-corrected chi connectivity index (χ0v) is 11.4. The molecule has 0 bridgehead atoms. The minimum Gasteiger partial charge on any atom is -0.449 e. The van der Waals surface area contributed by atoms with Crippen LogP contribution in [0.3, 0.4) is 0 Å². The van der Waals surface area contributed by atoms with E-state index in [0.717, 1.165) is 0 Å². The van der Waals surface area contributed by atoms with Crippen LogP contribution in [0.2, 0.25) is 0 Å². The summed E-state index contributed by atoms with van der Waals surface area (Å²) in [5.41, 5.74) is 0.396. The highest BCUT2D eigenvalue weighted by Gasteiger charge is 2.19. The van der Waals surface area contributed by atoms with Crippen molar-refractivity contribution in [1.29, 1.82) is 0 Å². The molecule has 5 heteroatoms. The molecule has 2 rings (SSSR count). The van der Waals surface area contributed by atoms with Crippen molar-refractivity contribution in [3.8, 4) is 0 Å². The van der Waals surface area contributed by atoms with Gasteiger partial charge in [0.2, 0.25) is 0 Å². The Labute approximate surface area is 121 Å². The van der Waals surface area contributed by atoms with Crippen LogP contribution < -0.4 is 5.32 Å². The van der Waals surface area contributed by atoms with Crippen molar-refractivity contribution in [3.63, 3.8) is 0 Å². The second-order valence-corrected chi connectivity index (χ2v) is 4.38. The Bertz CT molecular complexity index is 643. The molecule has 2 aromatic rings. The van der Waals surface area contributed by atoms with Crippen molar-refractivity contribution in [3.05, 3.63) is 66.0 Å². The van der Waals surface area contributed by atoms with Crippen LogP contribution in [0.25, 0.3) is 0 Å². The third-order valence-corrected chi connectivity index (χ3v) is 2.79. The zero-order valence-electron chi connectivity index (χ0n) is 11.4. The molecule has 2 aromatic carbocycles. The minimum atomic E-state index is -1.03. The molecule has 0 radical (unpaired) electrons. The minimum absolute atomic E-state index is 0.0464. The number of halogens is 1. The molecule has 1 amide bonds. The van der Waals surface area contributed by atoms with Gasteiger partial charge in [0, 0.05) is 0 Å². The first-order chi connectivity index (χ1) is 10.1. The third kappa shape index (κ3) is 3.89. The van der Waals surface area contributed by atoms with Crippen molar-refractivity contribution in [2.24, 2.45) is 0 Å². The number of esters is 1. The van der Waals surface area contributed by atoms with Crippen LogP contribution >= 0.6 is 0 Å². The van der Waals surface area contributed by atoms with Gasteiger partial charge in [0.15, 0.2) is 6.10 Å². The smallest absolute Gasteiger partial charge is 0.338 e. The molecule has 0 fully saturated rings. The molecule has 0 aromatic heterocycles. The van der Waals surface area contributed by atoms with Gasteiger partial charge in [-0.25, -0.2) is 9.18 Å². The number of carbonyl (C=O) groups excluding carboxylic acids is 2. The average molecular weight is 287 g/mol. The van der Waals surface area contributed by atoms with Gasteiger partial charge in [-0.05, 0) is 31.2 Å². The number of benzene rings is 2. The molecule has 0 saturated heterocycles. The second kappa shape index (κ2) is 6.65. The molecule has 0 aliphatic heterocycles. The van der Waals surface area contributed by atoms with Gasteiger partial charge in [-0.2, -0.15) is 0 Å².